The molecule has 4 rings (SSSR count). The maximum absolute atomic E-state index is 12.5. The van der Waals surface area contributed by atoms with Gasteiger partial charge < -0.3 is 14.7 Å². The summed E-state index contributed by atoms with van der Waals surface area (Å²) < 4.78 is 5.30. The second-order valence-corrected chi connectivity index (χ2v) is 7.88. The van der Waals surface area contributed by atoms with E-state index in [2.05, 4.69) is 20.4 Å². The van der Waals surface area contributed by atoms with Crippen LogP contribution >= 0.6 is 0 Å². The van der Waals surface area contributed by atoms with Gasteiger partial charge in [-0.15, -0.1) is 0 Å². The van der Waals surface area contributed by atoms with Crippen molar-refractivity contribution < 1.29 is 14.1 Å². The Morgan fingerprint density at radius 2 is 1.86 bits per heavy atom. The van der Waals surface area contributed by atoms with Crippen LogP contribution in [-0.4, -0.2) is 70.5 Å². The molecule has 1 aromatic carbocycles. The van der Waals surface area contributed by atoms with Crippen LogP contribution < -0.4 is 5.32 Å². The zero-order chi connectivity index (χ0) is 20.2. The Balaban J connectivity index is 1.20. The average Bonchev–Trinajstić information content (AvgIpc) is 3.40. The number of hydrogen-bond donors (Lipinski definition) is 1. The molecule has 0 unspecified atom stereocenters. The SMILES string of the molecule is Cc1ccc(-c2noc(CCC(=O)N3CCN(CC(=O)NC4CC4)CC3)n2)cc1. The van der Waals surface area contributed by atoms with Crippen molar-refractivity contribution in [2.45, 2.75) is 38.6 Å². The van der Waals surface area contributed by atoms with E-state index < -0.39 is 0 Å². The summed E-state index contributed by atoms with van der Waals surface area (Å²) in [5, 5.41) is 7.02. The van der Waals surface area contributed by atoms with E-state index in [9.17, 15) is 9.59 Å². The highest BCUT2D eigenvalue weighted by molar-refractivity contribution is 5.79. The van der Waals surface area contributed by atoms with Crippen LogP contribution in [0.25, 0.3) is 11.4 Å². The molecule has 2 amide bonds. The van der Waals surface area contributed by atoms with Crippen LogP contribution in [0.5, 0.6) is 0 Å². The fraction of sp³-hybridized carbons (Fsp3) is 0.524. The third-order valence-corrected chi connectivity index (χ3v) is 5.37. The first-order valence-corrected chi connectivity index (χ1v) is 10.3. The number of aromatic nitrogens is 2. The van der Waals surface area contributed by atoms with E-state index in [4.69, 9.17) is 4.52 Å². The molecule has 8 heteroatoms. The van der Waals surface area contributed by atoms with Gasteiger partial charge in [0.15, 0.2) is 0 Å². The molecule has 0 spiro atoms. The van der Waals surface area contributed by atoms with Crippen molar-refractivity contribution in [1.29, 1.82) is 0 Å². The molecule has 154 valence electrons. The molecule has 2 aromatic rings. The van der Waals surface area contributed by atoms with Crippen molar-refractivity contribution in [3.63, 3.8) is 0 Å². The molecule has 1 saturated carbocycles. The molecular formula is C21H27N5O3. The van der Waals surface area contributed by atoms with Gasteiger partial charge in [0.1, 0.15) is 0 Å². The molecule has 2 aliphatic rings. The Morgan fingerprint density at radius 1 is 1.14 bits per heavy atom. The van der Waals surface area contributed by atoms with E-state index in [0.717, 1.165) is 31.5 Å². The highest BCUT2D eigenvalue weighted by Gasteiger charge is 2.26. The minimum absolute atomic E-state index is 0.0853. The lowest BCUT2D eigenvalue weighted by Crippen LogP contribution is -2.51. The van der Waals surface area contributed by atoms with Gasteiger partial charge in [0.05, 0.1) is 6.54 Å². The van der Waals surface area contributed by atoms with Crippen molar-refractivity contribution in [2.75, 3.05) is 32.7 Å². The van der Waals surface area contributed by atoms with Crippen LogP contribution in [0.2, 0.25) is 0 Å². The lowest BCUT2D eigenvalue weighted by atomic mass is 10.1. The third kappa shape index (κ3) is 5.41. The van der Waals surface area contributed by atoms with E-state index in [1.54, 1.807) is 0 Å². The lowest BCUT2D eigenvalue weighted by molar-refractivity contribution is -0.133. The Kier molecular flexibility index (Phi) is 5.89. The van der Waals surface area contributed by atoms with Gasteiger partial charge in [0.25, 0.3) is 0 Å². The molecule has 1 N–H and O–H groups in total. The number of piperazine rings is 1. The summed E-state index contributed by atoms with van der Waals surface area (Å²) in [6, 6.07) is 8.31. The van der Waals surface area contributed by atoms with Crippen molar-refractivity contribution in [2.24, 2.45) is 0 Å². The topological polar surface area (TPSA) is 91.6 Å². The quantitative estimate of drug-likeness (QED) is 0.759. The van der Waals surface area contributed by atoms with Gasteiger partial charge in [0, 0.05) is 50.6 Å². The minimum atomic E-state index is 0.0853. The molecule has 1 saturated heterocycles. The fourth-order valence-electron chi connectivity index (χ4n) is 3.41. The first-order chi connectivity index (χ1) is 14.1. The van der Waals surface area contributed by atoms with E-state index in [1.807, 2.05) is 36.1 Å². The van der Waals surface area contributed by atoms with E-state index in [1.165, 1.54) is 5.56 Å². The van der Waals surface area contributed by atoms with Crippen molar-refractivity contribution in [3.05, 3.63) is 35.7 Å². The Morgan fingerprint density at radius 3 is 2.55 bits per heavy atom. The van der Waals surface area contributed by atoms with Crippen LogP contribution in [0, 0.1) is 6.92 Å². The highest BCUT2D eigenvalue weighted by Crippen LogP contribution is 2.19. The highest BCUT2D eigenvalue weighted by atomic mass is 16.5. The van der Waals surface area contributed by atoms with Gasteiger partial charge in [-0.05, 0) is 19.8 Å². The number of hydrogen-bond acceptors (Lipinski definition) is 6. The van der Waals surface area contributed by atoms with Crippen LogP contribution in [0.4, 0.5) is 0 Å². The Hall–Kier alpha value is -2.74. The van der Waals surface area contributed by atoms with Crippen LogP contribution in [0.1, 0.15) is 30.7 Å². The smallest absolute Gasteiger partial charge is 0.234 e. The number of benzene rings is 1. The Bertz CT molecular complexity index is 851. The number of rotatable bonds is 7. The van der Waals surface area contributed by atoms with E-state index in [-0.39, 0.29) is 11.8 Å². The molecule has 0 atom stereocenters. The summed E-state index contributed by atoms with van der Waals surface area (Å²) in [4.78, 5) is 32.8. The summed E-state index contributed by atoms with van der Waals surface area (Å²) in [6.45, 7) is 5.19. The van der Waals surface area contributed by atoms with Gasteiger partial charge >= 0.3 is 0 Å². The molecule has 2 heterocycles. The number of nitrogens with one attached hydrogen (secondary N) is 1. The average molecular weight is 397 g/mol. The molecule has 0 radical (unpaired) electrons. The predicted octanol–water partition coefficient (Wildman–Crippen LogP) is 1.40. The van der Waals surface area contributed by atoms with Crippen molar-refractivity contribution in [3.8, 4) is 11.4 Å². The van der Waals surface area contributed by atoms with Gasteiger partial charge in [-0.1, -0.05) is 35.0 Å². The van der Waals surface area contributed by atoms with Crippen molar-refractivity contribution >= 4 is 11.8 Å². The largest absolute Gasteiger partial charge is 0.352 e. The molecule has 1 aliphatic heterocycles. The molecule has 2 fully saturated rings. The number of carbonyl (C=O) groups excluding carboxylic acids is 2. The third-order valence-electron chi connectivity index (χ3n) is 5.37. The van der Waals surface area contributed by atoms with Gasteiger partial charge in [-0.2, -0.15) is 4.98 Å². The second kappa shape index (κ2) is 8.73. The predicted molar refractivity (Wildman–Crippen MR) is 107 cm³/mol. The van der Waals surface area contributed by atoms with Crippen molar-refractivity contribution in [1.82, 2.24) is 25.3 Å². The summed E-state index contributed by atoms with van der Waals surface area (Å²) in [7, 11) is 0. The number of carbonyl (C=O) groups is 2. The number of aryl methyl sites for hydroxylation is 2. The summed E-state index contributed by atoms with van der Waals surface area (Å²) >= 11 is 0. The molecule has 0 bridgehead atoms. The Labute approximate surface area is 170 Å². The summed E-state index contributed by atoms with van der Waals surface area (Å²) in [5.41, 5.74) is 2.07. The maximum Gasteiger partial charge on any atom is 0.234 e. The zero-order valence-corrected chi connectivity index (χ0v) is 16.8. The maximum atomic E-state index is 12.5. The minimum Gasteiger partial charge on any atom is -0.352 e. The van der Waals surface area contributed by atoms with Crippen LogP contribution in [-0.2, 0) is 16.0 Å². The second-order valence-electron chi connectivity index (χ2n) is 7.88. The standard InChI is InChI=1S/C21H27N5O3/c1-15-2-4-16(5-3-15)21-23-19(29-24-21)8-9-20(28)26-12-10-25(11-13-26)14-18(27)22-17-6-7-17/h2-5,17H,6-14H2,1H3,(H,22,27). The first-order valence-electron chi connectivity index (χ1n) is 10.3. The normalized spacial score (nSPS) is 17.3. The number of nitrogens with zero attached hydrogens (tertiary/aromatic N) is 4. The van der Waals surface area contributed by atoms with Gasteiger partial charge in [0.2, 0.25) is 23.5 Å². The summed E-state index contributed by atoms with van der Waals surface area (Å²) in [5.74, 6) is 1.20. The monoisotopic (exact) mass is 397 g/mol. The van der Waals surface area contributed by atoms with Gasteiger partial charge in [-0.25, -0.2) is 0 Å². The first kappa shape index (κ1) is 19.6. The molecule has 1 aromatic heterocycles. The zero-order valence-electron chi connectivity index (χ0n) is 16.8. The van der Waals surface area contributed by atoms with Gasteiger partial charge in [-0.3, -0.25) is 14.5 Å². The fourth-order valence-corrected chi connectivity index (χ4v) is 3.41. The van der Waals surface area contributed by atoms with Crippen LogP contribution in [0.15, 0.2) is 28.8 Å². The lowest BCUT2D eigenvalue weighted by Gasteiger charge is -2.34. The molecule has 29 heavy (non-hydrogen) atoms. The van der Waals surface area contributed by atoms with Crippen LogP contribution in [0.3, 0.4) is 0 Å². The van der Waals surface area contributed by atoms with E-state index in [0.29, 0.717) is 50.2 Å². The molecule has 8 nitrogen and oxygen atoms in total. The summed E-state index contributed by atoms with van der Waals surface area (Å²) in [6.07, 6.45) is 2.97. The number of amides is 2. The molecule has 1 aliphatic carbocycles. The molecular weight excluding hydrogens is 370 g/mol. The van der Waals surface area contributed by atoms with E-state index >= 15 is 0 Å².